The number of aromatic nitrogens is 1. The van der Waals surface area contributed by atoms with Crippen LogP contribution in [0.15, 0.2) is 71.3 Å². The molecule has 5 heteroatoms. The third-order valence-electron chi connectivity index (χ3n) is 8.88. The number of quaternary nitrogens is 1. The van der Waals surface area contributed by atoms with Gasteiger partial charge in [-0.05, 0) is 24.0 Å². The Labute approximate surface area is 208 Å². The summed E-state index contributed by atoms with van der Waals surface area (Å²) in [7, 11) is 0. The van der Waals surface area contributed by atoms with Gasteiger partial charge in [0.25, 0.3) is 0 Å². The lowest BCUT2D eigenvalue weighted by molar-refractivity contribution is -0.959. The number of ether oxygens (including phenoxy) is 1. The zero-order valence-corrected chi connectivity index (χ0v) is 20.5. The molecule has 1 aromatic heterocycles. The maximum Gasteiger partial charge on any atom is 0.231 e. The third-order valence-corrected chi connectivity index (χ3v) is 8.88. The number of rotatable bonds is 8. The first-order chi connectivity index (χ1) is 17.1. The third kappa shape index (κ3) is 4.46. The number of fused-ring (bicyclic) bond motifs is 3. The zero-order chi connectivity index (χ0) is 23.7. The largest absolute Gasteiger partial charge is 0.436 e. The molecule has 1 unspecified atom stereocenters. The number of oxazole rings is 1. The fourth-order valence-electron chi connectivity index (χ4n) is 6.87. The van der Waals surface area contributed by atoms with E-state index in [-0.39, 0.29) is 5.92 Å². The standard InChI is InChI=1S/C30H37N2O3/c33-30(26-13-7-8-14-26,25-11-5-2-6-12-25)29-31-19-27(35-29)20-32-17-15-24(16-18-32)28(21-32)34-22-23-9-3-1-4-10-23/h1-6,9-12,19,24,26,28,33H,7-8,13-18,20-22H2/q+1/t24?,28-,30?,32?/m0/s1. The van der Waals surface area contributed by atoms with Gasteiger partial charge >= 0.3 is 0 Å². The first-order valence-corrected chi connectivity index (χ1v) is 13.4. The van der Waals surface area contributed by atoms with Crippen LogP contribution in [0, 0.1) is 11.8 Å². The van der Waals surface area contributed by atoms with E-state index in [0.717, 1.165) is 67.7 Å². The number of benzene rings is 2. The topological polar surface area (TPSA) is 55.5 Å². The summed E-state index contributed by atoms with van der Waals surface area (Å²) in [6.45, 7) is 4.86. The average Bonchev–Trinajstić information content (AvgIpc) is 3.62. The van der Waals surface area contributed by atoms with E-state index in [0.29, 0.717) is 24.5 Å². The van der Waals surface area contributed by atoms with E-state index in [2.05, 4.69) is 30.3 Å². The van der Waals surface area contributed by atoms with Crippen LogP contribution in [0.4, 0.5) is 0 Å². The van der Waals surface area contributed by atoms with Gasteiger partial charge in [0.1, 0.15) is 19.2 Å². The highest BCUT2D eigenvalue weighted by Gasteiger charge is 2.48. The molecule has 4 fully saturated rings. The Balaban J connectivity index is 1.20. The summed E-state index contributed by atoms with van der Waals surface area (Å²) in [5, 5.41) is 12.0. The first-order valence-electron chi connectivity index (χ1n) is 13.4. The van der Waals surface area contributed by atoms with Crippen molar-refractivity contribution in [3.63, 3.8) is 0 Å². The summed E-state index contributed by atoms with van der Waals surface area (Å²) in [4.78, 5) is 4.69. The molecule has 2 aromatic carbocycles. The summed E-state index contributed by atoms with van der Waals surface area (Å²) < 4.78 is 13.9. The maximum absolute atomic E-state index is 12.0. The molecule has 3 aromatic rings. The van der Waals surface area contributed by atoms with Crippen LogP contribution in [0.25, 0.3) is 0 Å². The molecule has 2 bridgehead atoms. The quantitative estimate of drug-likeness (QED) is 0.444. The summed E-state index contributed by atoms with van der Waals surface area (Å²) in [6, 6.07) is 20.5. The molecular weight excluding hydrogens is 436 g/mol. The Bertz CT molecular complexity index is 1100. The molecule has 0 amide bonds. The SMILES string of the molecule is OC(c1ccccc1)(c1ncc(C[N+]23CCC(CC2)[C@@H](OCc2ccccc2)C3)o1)C1CCCC1. The first kappa shape index (κ1) is 23.0. The normalized spacial score (nSPS) is 28.3. The van der Waals surface area contributed by atoms with E-state index in [1.165, 1.54) is 18.4 Å². The molecule has 3 aliphatic heterocycles. The summed E-state index contributed by atoms with van der Waals surface area (Å²) in [5.74, 6) is 2.15. The highest BCUT2D eigenvalue weighted by atomic mass is 16.5. The predicted octanol–water partition coefficient (Wildman–Crippen LogP) is 5.43. The highest BCUT2D eigenvalue weighted by Crippen LogP contribution is 2.45. The van der Waals surface area contributed by atoms with Crippen molar-refractivity contribution in [2.45, 2.75) is 63.4 Å². The minimum atomic E-state index is -1.16. The average molecular weight is 474 g/mol. The fourth-order valence-corrected chi connectivity index (χ4v) is 6.87. The lowest BCUT2D eigenvalue weighted by Crippen LogP contribution is -2.63. The number of piperidine rings is 3. The van der Waals surface area contributed by atoms with Crippen molar-refractivity contribution in [2.24, 2.45) is 11.8 Å². The Kier molecular flexibility index (Phi) is 6.25. The van der Waals surface area contributed by atoms with Crippen molar-refractivity contribution < 1.29 is 18.7 Å². The van der Waals surface area contributed by atoms with Crippen LogP contribution in [0.3, 0.4) is 0 Å². The van der Waals surface area contributed by atoms with Crippen LogP contribution >= 0.6 is 0 Å². The van der Waals surface area contributed by atoms with Gasteiger partial charge in [0, 0.05) is 24.7 Å². The van der Waals surface area contributed by atoms with Gasteiger partial charge in [0.15, 0.2) is 11.4 Å². The van der Waals surface area contributed by atoms with Crippen LogP contribution in [0.1, 0.15) is 61.3 Å². The molecule has 2 atom stereocenters. The van der Waals surface area contributed by atoms with E-state index >= 15 is 0 Å². The molecule has 5 nitrogen and oxygen atoms in total. The maximum atomic E-state index is 12.0. The second-order valence-electron chi connectivity index (χ2n) is 11.0. The van der Waals surface area contributed by atoms with Gasteiger partial charge in [-0.25, -0.2) is 4.98 Å². The van der Waals surface area contributed by atoms with E-state index in [4.69, 9.17) is 14.1 Å². The minimum absolute atomic E-state index is 0.143. The molecule has 4 heterocycles. The van der Waals surface area contributed by atoms with Gasteiger partial charge in [-0.15, -0.1) is 0 Å². The fraction of sp³-hybridized carbons (Fsp3) is 0.500. The number of hydrogen-bond acceptors (Lipinski definition) is 4. The van der Waals surface area contributed by atoms with Gasteiger partial charge in [0.05, 0.1) is 25.9 Å². The molecule has 0 radical (unpaired) electrons. The molecule has 35 heavy (non-hydrogen) atoms. The number of hydrogen-bond donors (Lipinski definition) is 1. The lowest BCUT2D eigenvalue weighted by atomic mass is 9.80. The number of aliphatic hydroxyl groups is 1. The van der Waals surface area contributed by atoms with Crippen LogP contribution < -0.4 is 0 Å². The molecular formula is C30H37N2O3+. The smallest absolute Gasteiger partial charge is 0.231 e. The van der Waals surface area contributed by atoms with Crippen molar-refractivity contribution >= 4 is 0 Å². The lowest BCUT2D eigenvalue weighted by Gasteiger charge is -2.52. The van der Waals surface area contributed by atoms with Gasteiger partial charge < -0.3 is 18.7 Å². The van der Waals surface area contributed by atoms with Crippen LogP contribution in [0.5, 0.6) is 0 Å². The van der Waals surface area contributed by atoms with E-state index < -0.39 is 5.60 Å². The van der Waals surface area contributed by atoms with Crippen LogP contribution in [-0.4, -0.2) is 40.3 Å². The van der Waals surface area contributed by atoms with Crippen molar-refractivity contribution in [3.8, 4) is 0 Å². The molecule has 1 saturated carbocycles. The Morgan fingerprint density at radius 2 is 1.63 bits per heavy atom. The Morgan fingerprint density at radius 3 is 2.34 bits per heavy atom. The molecule has 1 N–H and O–H groups in total. The van der Waals surface area contributed by atoms with E-state index in [9.17, 15) is 5.11 Å². The van der Waals surface area contributed by atoms with Crippen LogP contribution in [0.2, 0.25) is 0 Å². The van der Waals surface area contributed by atoms with Crippen molar-refractivity contribution in [1.82, 2.24) is 4.98 Å². The summed E-state index contributed by atoms with van der Waals surface area (Å²) >= 11 is 0. The van der Waals surface area contributed by atoms with Crippen molar-refractivity contribution in [3.05, 3.63) is 89.6 Å². The summed E-state index contributed by atoms with van der Waals surface area (Å²) in [5.41, 5.74) is 0.967. The van der Waals surface area contributed by atoms with Gasteiger partial charge in [-0.3, -0.25) is 0 Å². The minimum Gasteiger partial charge on any atom is -0.436 e. The number of nitrogens with zero attached hydrogens (tertiary/aromatic N) is 2. The zero-order valence-electron chi connectivity index (χ0n) is 20.5. The molecule has 0 spiro atoms. The molecule has 184 valence electrons. The molecule has 4 aliphatic rings. The van der Waals surface area contributed by atoms with Gasteiger partial charge in [-0.1, -0.05) is 73.5 Å². The Morgan fingerprint density at radius 1 is 0.943 bits per heavy atom. The molecule has 3 saturated heterocycles. The van der Waals surface area contributed by atoms with Crippen molar-refractivity contribution in [1.29, 1.82) is 0 Å². The molecule has 7 rings (SSSR count). The summed E-state index contributed by atoms with van der Waals surface area (Å²) in [6.07, 6.45) is 8.88. The second-order valence-corrected chi connectivity index (χ2v) is 11.0. The van der Waals surface area contributed by atoms with Gasteiger partial charge in [-0.2, -0.15) is 0 Å². The monoisotopic (exact) mass is 473 g/mol. The second kappa shape index (κ2) is 9.53. The molecule has 1 aliphatic carbocycles. The van der Waals surface area contributed by atoms with E-state index in [1.807, 2.05) is 36.5 Å². The van der Waals surface area contributed by atoms with Crippen molar-refractivity contribution in [2.75, 3.05) is 19.6 Å². The van der Waals surface area contributed by atoms with E-state index in [1.54, 1.807) is 0 Å². The highest BCUT2D eigenvalue weighted by molar-refractivity contribution is 5.30. The predicted molar refractivity (Wildman–Crippen MR) is 134 cm³/mol. The van der Waals surface area contributed by atoms with Gasteiger partial charge in [0.2, 0.25) is 5.89 Å². The Hall–Kier alpha value is -2.47. The van der Waals surface area contributed by atoms with Crippen LogP contribution in [-0.2, 0) is 23.5 Å².